The van der Waals surface area contributed by atoms with E-state index in [1.165, 1.54) is 7.05 Å². The van der Waals surface area contributed by atoms with Crippen LogP contribution in [0.25, 0.3) is 0 Å². The van der Waals surface area contributed by atoms with E-state index in [0.29, 0.717) is 25.0 Å². The number of thioether (sulfide) groups is 1. The second-order valence-corrected chi connectivity index (χ2v) is 11.0. The fourth-order valence-electron chi connectivity index (χ4n) is 3.44. The first-order valence-electron chi connectivity index (χ1n) is 12.2. The maximum Gasteiger partial charge on any atom is 0.408 e. The maximum absolute atomic E-state index is 13.3. The first kappa shape index (κ1) is 31.3. The van der Waals surface area contributed by atoms with Crippen molar-refractivity contribution in [3.8, 4) is 0 Å². The highest BCUT2D eigenvalue weighted by atomic mass is 32.2. The van der Waals surface area contributed by atoms with E-state index in [2.05, 4.69) is 21.3 Å². The Labute approximate surface area is 219 Å². The molecule has 36 heavy (non-hydrogen) atoms. The molecular formula is C26H42N4O5S. The number of amides is 4. The summed E-state index contributed by atoms with van der Waals surface area (Å²) in [5, 5.41) is 10.8. The summed E-state index contributed by atoms with van der Waals surface area (Å²) in [6.45, 7) is 9.11. The highest BCUT2D eigenvalue weighted by Gasteiger charge is 2.30. The van der Waals surface area contributed by atoms with Gasteiger partial charge in [0.05, 0.1) is 0 Å². The largest absolute Gasteiger partial charge is 0.444 e. The van der Waals surface area contributed by atoms with Crippen LogP contribution in [-0.2, 0) is 25.5 Å². The molecule has 0 bridgehead atoms. The van der Waals surface area contributed by atoms with Gasteiger partial charge in [-0.25, -0.2) is 4.79 Å². The summed E-state index contributed by atoms with van der Waals surface area (Å²) >= 11 is 1.54. The van der Waals surface area contributed by atoms with E-state index in [1.54, 1.807) is 32.5 Å². The number of ether oxygens (including phenoxy) is 1. The van der Waals surface area contributed by atoms with Gasteiger partial charge in [0.1, 0.15) is 23.7 Å². The molecule has 0 saturated carbocycles. The van der Waals surface area contributed by atoms with E-state index in [1.807, 2.05) is 50.4 Å². The van der Waals surface area contributed by atoms with Crippen LogP contribution in [0, 0.1) is 5.92 Å². The first-order chi connectivity index (χ1) is 16.9. The minimum absolute atomic E-state index is 0.0945. The van der Waals surface area contributed by atoms with Gasteiger partial charge in [-0.1, -0.05) is 44.2 Å². The van der Waals surface area contributed by atoms with Crippen LogP contribution in [0.1, 0.15) is 53.0 Å². The fourth-order valence-corrected chi connectivity index (χ4v) is 3.91. The molecule has 0 aliphatic rings. The number of hydrogen-bond donors (Lipinski definition) is 4. The molecule has 10 heteroatoms. The number of likely N-dealkylation sites (N-methyl/N-ethyl adjacent to an activating group) is 1. The van der Waals surface area contributed by atoms with Crippen molar-refractivity contribution in [3.05, 3.63) is 35.9 Å². The fraction of sp³-hybridized carbons (Fsp3) is 0.615. The summed E-state index contributed by atoms with van der Waals surface area (Å²) in [7, 11) is 1.51. The summed E-state index contributed by atoms with van der Waals surface area (Å²) < 4.78 is 5.30. The lowest BCUT2D eigenvalue weighted by Crippen LogP contribution is -2.57. The predicted molar refractivity (Wildman–Crippen MR) is 144 cm³/mol. The zero-order chi connectivity index (χ0) is 27.3. The van der Waals surface area contributed by atoms with Gasteiger partial charge in [-0.2, -0.15) is 11.8 Å². The Kier molecular flexibility index (Phi) is 13.4. The molecule has 0 saturated heterocycles. The van der Waals surface area contributed by atoms with Crippen molar-refractivity contribution in [3.63, 3.8) is 0 Å². The van der Waals surface area contributed by atoms with E-state index in [9.17, 15) is 19.2 Å². The topological polar surface area (TPSA) is 126 Å². The molecule has 0 fully saturated rings. The molecule has 202 valence electrons. The van der Waals surface area contributed by atoms with Gasteiger partial charge >= 0.3 is 6.09 Å². The molecule has 0 unspecified atom stereocenters. The molecule has 0 radical (unpaired) electrons. The molecule has 4 N–H and O–H groups in total. The number of carbonyl (C=O) groups is 4. The summed E-state index contributed by atoms with van der Waals surface area (Å²) in [5.41, 5.74) is 0.188. The van der Waals surface area contributed by atoms with Gasteiger partial charge in [-0.3, -0.25) is 14.4 Å². The van der Waals surface area contributed by atoms with Crippen LogP contribution in [0.2, 0.25) is 0 Å². The number of rotatable bonds is 13. The van der Waals surface area contributed by atoms with Crippen molar-refractivity contribution in [1.82, 2.24) is 21.3 Å². The quantitative estimate of drug-likeness (QED) is 0.316. The number of nitrogens with one attached hydrogen (secondary N) is 4. The molecule has 0 spiro atoms. The van der Waals surface area contributed by atoms with Crippen molar-refractivity contribution in [2.24, 2.45) is 5.92 Å². The van der Waals surface area contributed by atoms with Gasteiger partial charge in [-0.15, -0.1) is 0 Å². The van der Waals surface area contributed by atoms with Gasteiger partial charge in [0.15, 0.2) is 0 Å². The summed E-state index contributed by atoms with van der Waals surface area (Å²) in [6, 6.07) is 6.83. The van der Waals surface area contributed by atoms with Crippen LogP contribution in [0.4, 0.5) is 4.79 Å². The van der Waals surface area contributed by atoms with E-state index < -0.39 is 41.6 Å². The molecule has 3 atom stereocenters. The average molecular weight is 523 g/mol. The SMILES string of the molecule is CNC(=O)[C@H](Cc1ccccc1)NC(=O)[C@H](CC(C)C)NC(=O)[C@H](CCSC)NC(=O)OC(C)(C)C. The van der Waals surface area contributed by atoms with Crippen molar-refractivity contribution in [2.75, 3.05) is 19.1 Å². The van der Waals surface area contributed by atoms with Crippen molar-refractivity contribution >= 4 is 35.6 Å². The number of alkyl carbamates (subject to hydrolysis) is 1. The number of hydrogen-bond acceptors (Lipinski definition) is 6. The lowest BCUT2D eigenvalue weighted by atomic mass is 10.0. The molecule has 9 nitrogen and oxygen atoms in total. The van der Waals surface area contributed by atoms with Gasteiger partial charge in [0.25, 0.3) is 0 Å². The zero-order valence-corrected chi connectivity index (χ0v) is 23.3. The lowest BCUT2D eigenvalue weighted by molar-refractivity contribution is -0.132. The van der Waals surface area contributed by atoms with Crippen LogP contribution in [0.15, 0.2) is 30.3 Å². The van der Waals surface area contributed by atoms with Gasteiger partial charge in [-0.05, 0) is 57.1 Å². The van der Waals surface area contributed by atoms with E-state index in [4.69, 9.17) is 4.74 Å². The van der Waals surface area contributed by atoms with Gasteiger partial charge in [0, 0.05) is 13.5 Å². The molecule has 1 aromatic carbocycles. The van der Waals surface area contributed by atoms with Crippen molar-refractivity contribution in [2.45, 2.75) is 77.6 Å². The Bertz CT molecular complexity index is 858. The Hall–Kier alpha value is -2.75. The third-order valence-electron chi connectivity index (χ3n) is 5.12. The molecular weight excluding hydrogens is 480 g/mol. The summed E-state index contributed by atoms with van der Waals surface area (Å²) in [5.74, 6) is -0.536. The van der Waals surface area contributed by atoms with E-state index in [0.717, 1.165) is 5.56 Å². The average Bonchev–Trinajstić information content (AvgIpc) is 2.79. The summed E-state index contributed by atoms with van der Waals surface area (Å²) in [6.07, 6.45) is 2.26. The highest BCUT2D eigenvalue weighted by Crippen LogP contribution is 2.11. The minimum Gasteiger partial charge on any atom is -0.444 e. The van der Waals surface area contributed by atoms with Crippen LogP contribution >= 0.6 is 11.8 Å². The second-order valence-electron chi connectivity index (χ2n) is 10.0. The van der Waals surface area contributed by atoms with E-state index >= 15 is 0 Å². The van der Waals surface area contributed by atoms with Crippen LogP contribution in [-0.4, -0.2) is 66.6 Å². The minimum atomic E-state index is -0.877. The molecule has 1 rings (SSSR count). The van der Waals surface area contributed by atoms with Crippen molar-refractivity contribution in [1.29, 1.82) is 0 Å². The second kappa shape index (κ2) is 15.4. The third-order valence-corrected chi connectivity index (χ3v) is 5.76. The van der Waals surface area contributed by atoms with Crippen LogP contribution in [0.3, 0.4) is 0 Å². The van der Waals surface area contributed by atoms with Gasteiger partial charge < -0.3 is 26.0 Å². The van der Waals surface area contributed by atoms with Crippen LogP contribution in [0.5, 0.6) is 0 Å². The van der Waals surface area contributed by atoms with Crippen molar-refractivity contribution < 1.29 is 23.9 Å². The summed E-state index contributed by atoms with van der Waals surface area (Å²) in [4.78, 5) is 51.2. The Morgan fingerprint density at radius 1 is 0.889 bits per heavy atom. The number of benzene rings is 1. The molecule has 0 aromatic heterocycles. The monoisotopic (exact) mass is 522 g/mol. The molecule has 4 amide bonds. The smallest absolute Gasteiger partial charge is 0.408 e. The number of carbonyl (C=O) groups excluding carboxylic acids is 4. The third kappa shape index (κ3) is 12.3. The molecule has 0 aliphatic carbocycles. The van der Waals surface area contributed by atoms with Gasteiger partial charge in [0.2, 0.25) is 17.7 Å². The van der Waals surface area contributed by atoms with Crippen LogP contribution < -0.4 is 21.3 Å². The Morgan fingerprint density at radius 3 is 2.00 bits per heavy atom. The molecule has 1 aromatic rings. The lowest BCUT2D eigenvalue weighted by Gasteiger charge is -2.27. The zero-order valence-electron chi connectivity index (χ0n) is 22.5. The predicted octanol–water partition coefficient (Wildman–Crippen LogP) is 2.64. The van der Waals surface area contributed by atoms with E-state index in [-0.39, 0.29) is 11.8 Å². The highest BCUT2D eigenvalue weighted by molar-refractivity contribution is 7.98. The molecule has 0 heterocycles. The normalized spacial score (nSPS) is 13.8. The first-order valence-corrected chi connectivity index (χ1v) is 13.6. The Balaban J connectivity index is 3.01. The standard InChI is InChI=1S/C26H42N4O5S/c1-17(2)15-20(24(33)29-21(22(31)27-6)16-18-11-9-8-10-12-18)28-23(32)19(13-14-36-7)30-25(34)35-26(3,4)5/h8-12,17,19-21H,13-16H2,1-7H3,(H,27,31)(H,28,32)(H,29,33)(H,30,34)/t19-,20-,21-/m0/s1. The Morgan fingerprint density at radius 2 is 1.47 bits per heavy atom. The molecule has 0 aliphatic heterocycles. The maximum atomic E-state index is 13.3.